The molecule has 0 bridgehead atoms. The summed E-state index contributed by atoms with van der Waals surface area (Å²) in [5, 5.41) is 3.02. The molecule has 9 heteroatoms. The Morgan fingerprint density at radius 3 is 2.78 bits per heavy atom. The number of amides is 1. The van der Waals surface area contributed by atoms with Crippen LogP contribution in [0.15, 0.2) is 41.0 Å². The summed E-state index contributed by atoms with van der Waals surface area (Å²) in [7, 11) is 0. The van der Waals surface area contributed by atoms with Gasteiger partial charge in [-0.2, -0.15) is 9.36 Å². The maximum absolute atomic E-state index is 12.9. The number of nitrogens with zero attached hydrogens (tertiary/aromatic N) is 3. The highest BCUT2D eigenvalue weighted by Gasteiger charge is 2.15. The molecule has 3 aromatic rings. The van der Waals surface area contributed by atoms with E-state index in [0.29, 0.717) is 21.0 Å². The van der Waals surface area contributed by atoms with Crippen molar-refractivity contribution in [3.63, 3.8) is 0 Å². The summed E-state index contributed by atoms with van der Waals surface area (Å²) in [6.07, 6.45) is 1.50. The summed E-state index contributed by atoms with van der Waals surface area (Å²) < 4.78 is 17.7. The van der Waals surface area contributed by atoms with Gasteiger partial charge >= 0.3 is 0 Å². The van der Waals surface area contributed by atoms with E-state index >= 15 is 0 Å². The zero-order chi connectivity index (χ0) is 16.4. The van der Waals surface area contributed by atoms with E-state index in [4.69, 9.17) is 11.6 Å². The van der Waals surface area contributed by atoms with Gasteiger partial charge in [-0.3, -0.25) is 10.1 Å². The van der Waals surface area contributed by atoms with Gasteiger partial charge in [0.05, 0.1) is 5.56 Å². The molecule has 0 aliphatic carbocycles. The average molecular weight is 414 g/mol. The lowest BCUT2D eigenvalue weighted by molar-refractivity contribution is 0.102. The topological polar surface area (TPSA) is 67.8 Å². The molecule has 2 aromatic heterocycles. The number of anilines is 1. The number of aromatic nitrogens is 3. The third kappa shape index (κ3) is 3.72. The molecule has 1 N–H and O–H groups in total. The van der Waals surface area contributed by atoms with Crippen molar-refractivity contribution in [3.8, 4) is 11.4 Å². The Morgan fingerprint density at radius 2 is 2.04 bits per heavy atom. The molecule has 1 amide bonds. The molecule has 3 rings (SSSR count). The van der Waals surface area contributed by atoms with Crippen LogP contribution in [0.1, 0.15) is 10.4 Å². The van der Waals surface area contributed by atoms with E-state index in [0.717, 1.165) is 11.5 Å². The van der Waals surface area contributed by atoms with Crippen molar-refractivity contribution in [1.29, 1.82) is 0 Å². The largest absolute Gasteiger partial charge is 0.296 e. The minimum absolute atomic E-state index is 0.0916. The first-order chi connectivity index (χ1) is 11.0. The van der Waals surface area contributed by atoms with Gasteiger partial charge in [0.2, 0.25) is 5.13 Å². The van der Waals surface area contributed by atoms with E-state index in [9.17, 15) is 9.18 Å². The molecular formula is C14H7BrClFN4OS. The molecule has 5 nitrogen and oxygen atoms in total. The van der Waals surface area contributed by atoms with E-state index in [1.165, 1.54) is 18.3 Å². The number of hydrogen-bond donors (Lipinski definition) is 1. The molecule has 0 fully saturated rings. The molecular weight excluding hydrogens is 407 g/mol. The summed E-state index contributed by atoms with van der Waals surface area (Å²) in [5.41, 5.74) is 0.880. The molecule has 0 spiro atoms. The Morgan fingerprint density at radius 1 is 1.30 bits per heavy atom. The van der Waals surface area contributed by atoms with Crippen LogP contribution in [0.3, 0.4) is 0 Å². The standard InChI is InChI=1S/C14H7BrClFN4OS/c15-8-5-10(11(16)18-6-8)13(22)20-14-19-12(21-23-14)7-1-3-9(17)4-2-7/h1-6H,(H,19,20,21,22). The van der Waals surface area contributed by atoms with Gasteiger partial charge in [-0.1, -0.05) is 11.6 Å². The summed E-state index contributed by atoms with van der Waals surface area (Å²) in [5.74, 6) is -0.372. The maximum Gasteiger partial charge on any atom is 0.260 e. The number of pyridine rings is 1. The Bertz CT molecular complexity index is 871. The number of carbonyl (C=O) groups excluding carboxylic acids is 1. The normalized spacial score (nSPS) is 10.6. The predicted octanol–water partition coefficient (Wildman–Crippen LogP) is 4.41. The minimum atomic E-state index is -0.439. The molecule has 116 valence electrons. The maximum atomic E-state index is 12.9. The van der Waals surface area contributed by atoms with Crippen molar-refractivity contribution in [2.24, 2.45) is 0 Å². The van der Waals surface area contributed by atoms with Crippen LogP contribution in [0, 0.1) is 5.82 Å². The van der Waals surface area contributed by atoms with E-state index in [1.54, 1.807) is 18.2 Å². The molecule has 23 heavy (non-hydrogen) atoms. The second kappa shape index (κ2) is 6.69. The smallest absolute Gasteiger partial charge is 0.260 e. The Labute approximate surface area is 147 Å². The monoisotopic (exact) mass is 412 g/mol. The first-order valence-electron chi connectivity index (χ1n) is 6.25. The zero-order valence-corrected chi connectivity index (χ0v) is 14.4. The van der Waals surface area contributed by atoms with E-state index in [2.05, 4.69) is 35.6 Å². The molecule has 0 atom stereocenters. The highest BCUT2D eigenvalue weighted by molar-refractivity contribution is 9.10. The fourth-order valence-corrected chi connectivity index (χ4v) is 2.84. The van der Waals surface area contributed by atoms with Gasteiger partial charge in [-0.15, -0.1) is 0 Å². The van der Waals surface area contributed by atoms with Crippen LogP contribution in [-0.4, -0.2) is 20.2 Å². The highest BCUT2D eigenvalue weighted by Crippen LogP contribution is 2.23. The third-order valence-corrected chi connectivity index (χ3v) is 4.16. The Kier molecular flexibility index (Phi) is 4.65. The fourth-order valence-electron chi connectivity index (χ4n) is 1.74. The van der Waals surface area contributed by atoms with Gasteiger partial charge in [0.15, 0.2) is 5.82 Å². The lowest BCUT2D eigenvalue weighted by atomic mass is 10.2. The van der Waals surface area contributed by atoms with E-state index in [1.807, 2.05) is 0 Å². The van der Waals surface area contributed by atoms with Gasteiger partial charge in [0, 0.05) is 27.8 Å². The van der Waals surface area contributed by atoms with Crippen LogP contribution in [-0.2, 0) is 0 Å². The SMILES string of the molecule is O=C(Nc1nc(-c2ccc(F)cc2)ns1)c1cc(Br)cnc1Cl. The highest BCUT2D eigenvalue weighted by atomic mass is 79.9. The second-order valence-corrected chi connectivity index (χ2v) is 6.40. The van der Waals surface area contributed by atoms with Crippen LogP contribution >= 0.6 is 39.1 Å². The Balaban J connectivity index is 1.80. The van der Waals surface area contributed by atoms with Gasteiger partial charge in [0.1, 0.15) is 11.0 Å². The molecule has 0 saturated heterocycles. The summed E-state index contributed by atoms with van der Waals surface area (Å²) in [4.78, 5) is 20.3. The van der Waals surface area contributed by atoms with Crippen LogP contribution < -0.4 is 5.32 Å². The first-order valence-corrected chi connectivity index (χ1v) is 8.19. The minimum Gasteiger partial charge on any atom is -0.296 e. The van der Waals surface area contributed by atoms with Gasteiger partial charge < -0.3 is 0 Å². The van der Waals surface area contributed by atoms with E-state index in [-0.39, 0.29) is 16.5 Å². The number of halogens is 3. The zero-order valence-electron chi connectivity index (χ0n) is 11.3. The van der Waals surface area contributed by atoms with Crippen molar-refractivity contribution in [2.75, 3.05) is 5.32 Å². The van der Waals surface area contributed by atoms with Gasteiger partial charge in [0.25, 0.3) is 5.91 Å². The molecule has 2 heterocycles. The van der Waals surface area contributed by atoms with Gasteiger partial charge in [-0.05, 0) is 46.3 Å². The summed E-state index contributed by atoms with van der Waals surface area (Å²) in [6, 6.07) is 7.34. The molecule has 0 unspecified atom stereocenters. The van der Waals surface area contributed by atoms with Gasteiger partial charge in [-0.25, -0.2) is 9.37 Å². The van der Waals surface area contributed by atoms with Crippen LogP contribution in [0.5, 0.6) is 0 Å². The number of nitrogens with one attached hydrogen (secondary N) is 1. The number of rotatable bonds is 3. The Hall–Kier alpha value is -1.90. The number of benzene rings is 1. The fraction of sp³-hybridized carbons (Fsp3) is 0. The summed E-state index contributed by atoms with van der Waals surface area (Å²) >= 11 is 10.2. The van der Waals surface area contributed by atoms with Crippen molar-refractivity contribution in [1.82, 2.24) is 14.3 Å². The van der Waals surface area contributed by atoms with Crippen LogP contribution in [0.4, 0.5) is 9.52 Å². The first kappa shape index (κ1) is 16.0. The number of carbonyl (C=O) groups is 1. The quantitative estimate of drug-likeness (QED) is 0.646. The van der Waals surface area contributed by atoms with E-state index < -0.39 is 5.91 Å². The van der Waals surface area contributed by atoms with Crippen molar-refractivity contribution in [3.05, 3.63) is 57.5 Å². The lowest BCUT2D eigenvalue weighted by Gasteiger charge is -2.03. The van der Waals surface area contributed by atoms with Crippen molar-refractivity contribution in [2.45, 2.75) is 0 Å². The molecule has 1 aromatic carbocycles. The van der Waals surface area contributed by atoms with Crippen molar-refractivity contribution < 1.29 is 9.18 Å². The summed E-state index contributed by atoms with van der Waals surface area (Å²) in [6.45, 7) is 0. The molecule has 0 aliphatic heterocycles. The predicted molar refractivity (Wildman–Crippen MR) is 90.2 cm³/mol. The second-order valence-electron chi connectivity index (χ2n) is 4.38. The molecule has 0 aliphatic rings. The van der Waals surface area contributed by atoms with Crippen molar-refractivity contribution >= 4 is 50.1 Å². The average Bonchev–Trinajstić information content (AvgIpc) is 2.99. The molecule has 0 radical (unpaired) electrons. The van der Waals surface area contributed by atoms with Crippen LogP contribution in [0.2, 0.25) is 5.15 Å². The molecule has 0 saturated carbocycles. The van der Waals surface area contributed by atoms with Crippen LogP contribution in [0.25, 0.3) is 11.4 Å². The third-order valence-electron chi connectivity index (χ3n) is 2.80. The number of hydrogen-bond acceptors (Lipinski definition) is 5. The lowest BCUT2D eigenvalue weighted by Crippen LogP contribution is -2.12.